The molecule has 0 aliphatic heterocycles. The zero-order chi connectivity index (χ0) is 13.0. The number of imidazole rings is 1. The lowest BCUT2D eigenvalue weighted by Crippen LogP contribution is -2.52. The minimum atomic E-state index is -1.01. The third-order valence-corrected chi connectivity index (χ3v) is 3.19. The molecule has 6 nitrogen and oxygen atoms in total. The van der Waals surface area contributed by atoms with Gasteiger partial charge in [0.15, 0.2) is 0 Å². The van der Waals surface area contributed by atoms with E-state index < -0.39 is 25.0 Å². The molecule has 17 heavy (non-hydrogen) atoms. The maximum absolute atomic E-state index is 11.6. The number of carbonyl (C=O) groups excluding carboxylic acids is 2. The van der Waals surface area contributed by atoms with Crippen LogP contribution in [0.5, 0.6) is 0 Å². The van der Waals surface area contributed by atoms with E-state index in [1.165, 1.54) is 14.2 Å². The molecule has 0 fully saturated rings. The summed E-state index contributed by atoms with van der Waals surface area (Å²) < 4.78 is 13.1. The van der Waals surface area contributed by atoms with Crippen molar-refractivity contribution in [3.63, 3.8) is 0 Å². The topological polar surface area (TPSA) is 61.4 Å². The van der Waals surface area contributed by atoms with Crippen molar-refractivity contribution in [3.8, 4) is 0 Å². The molecule has 0 N–H and O–H groups in total. The highest BCUT2D eigenvalue weighted by molar-refractivity contribution is 6.61. The van der Waals surface area contributed by atoms with E-state index in [0.29, 0.717) is 0 Å². The number of esters is 2. The number of aryl methyl sites for hydroxylation is 2. The maximum atomic E-state index is 11.6. The SMILES string of the molecule is COC(=O)C([BH2-]c1n(C)cc[n+]1C)C(=O)OC. The number of rotatable bonds is 4. The van der Waals surface area contributed by atoms with E-state index in [0.717, 1.165) is 5.72 Å². The van der Waals surface area contributed by atoms with Crippen LogP contribution in [0.4, 0.5) is 0 Å². The Morgan fingerprint density at radius 1 is 1.35 bits per heavy atom. The van der Waals surface area contributed by atoms with Gasteiger partial charge < -0.3 is 9.47 Å². The lowest BCUT2D eigenvalue weighted by atomic mass is 9.63. The van der Waals surface area contributed by atoms with Gasteiger partial charge in [0.1, 0.15) is 19.7 Å². The number of hydrogen-bond donors (Lipinski definition) is 0. The van der Waals surface area contributed by atoms with Crippen LogP contribution in [0, 0.1) is 0 Å². The van der Waals surface area contributed by atoms with Crippen molar-refractivity contribution >= 4 is 24.9 Å². The van der Waals surface area contributed by atoms with E-state index in [2.05, 4.69) is 9.47 Å². The molecule has 0 saturated carbocycles. The van der Waals surface area contributed by atoms with E-state index in [-0.39, 0.29) is 0 Å². The van der Waals surface area contributed by atoms with Crippen molar-refractivity contribution in [3.05, 3.63) is 12.4 Å². The third kappa shape index (κ3) is 2.86. The number of ether oxygens (including phenoxy) is 2. The van der Waals surface area contributed by atoms with Crippen molar-refractivity contribution in [1.29, 1.82) is 0 Å². The van der Waals surface area contributed by atoms with Gasteiger partial charge in [0.25, 0.3) is 11.9 Å². The molecule has 94 valence electrons. The van der Waals surface area contributed by atoms with Gasteiger partial charge in [-0.1, -0.05) is 0 Å². The Hall–Kier alpha value is -1.79. The Morgan fingerprint density at radius 2 is 1.88 bits per heavy atom. The fourth-order valence-corrected chi connectivity index (χ4v) is 2.02. The summed E-state index contributed by atoms with van der Waals surface area (Å²) >= 11 is 0. The fraction of sp³-hybridized carbons (Fsp3) is 0.500. The van der Waals surface area contributed by atoms with Crippen molar-refractivity contribution in [2.24, 2.45) is 14.1 Å². The molecule has 0 radical (unpaired) electrons. The molecule has 0 aliphatic carbocycles. The van der Waals surface area contributed by atoms with Crippen LogP contribution in [0.25, 0.3) is 0 Å². The Balaban J connectivity index is 2.94. The highest BCUT2D eigenvalue weighted by Gasteiger charge is 2.26. The largest absolute Gasteiger partial charge is 0.471 e. The van der Waals surface area contributed by atoms with E-state index in [1.807, 2.05) is 35.6 Å². The molecule has 7 heteroatoms. The first kappa shape index (κ1) is 13.3. The van der Waals surface area contributed by atoms with Gasteiger partial charge in [-0.05, 0) is 0 Å². The van der Waals surface area contributed by atoms with Gasteiger partial charge in [-0.3, -0.25) is 18.7 Å². The van der Waals surface area contributed by atoms with Gasteiger partial charge in [-0.2, -0.15) is 0 Å². The normalized spacial score (nSPS) is 10.4. The zero-order valence-electron chi connectivity index (χ0n) is 10.8. The van der Waals surface area contributed by atoms with Gasteiger partial charge in [0.05, 0.1) is 34.0 Å². The van der Waals surface area contributed by atoms with E-state index >= 15 is 0 Å². The maximum Gasteiger partial charge on any atom is 0.283 e. The molecule has 0 spiro atoms. The molecule has 1 aromatic rings. The number of aromatic nitrogens is 2. The lowest BCUT2D eigenvalue weighted by molar-refractivity contribution is -0.653. The number of methoxy groups -OCH3 is 2. The Kier molecular flexibility index (Phi) is 4.31. The van der Waals surface area contributed by atoms with Crippen LogP contribution in [0.2, 0.25) is 5.82 Å². The molecular weight excluding hydrogens is 223 g/mol. The second kappa shape index (κ2) is 5.52. The smallest absolute Gasteiger partial charge is 0.283 e. The molecule has 0 bridgehead atoms. The second-order valence-corrected chi connectivity index (χ2v) is 4.12. The van der Waals surface area contributed by atoms with Gasteiger partial charge in [-0.25, -0.2) is 0 Å². The summed E-state index contributed by atoms with van der Waals surface area (Å²) in [6, 6.07) is 0. The molecule has 1 aromatic heterocycles. The summed E-state index contributed by atoms with van der Waals surface area (Å²) in [5.41, 5.74) is 0.964. The van der Waals surface area contributed by atoms with Crippen molar-refractivity contribution in [1.82, 2.24) is 4.57 Å². The molecular formula is C10H17BN2O4. The van der Waals surface area contributed by atoms with Gasteiger partial charge in [0.2, 0.25) is 0 Å². The zero-order valence-corrected chi connectivity index (χ0v) is 10.8. The Labute approximate surface area is 100 Å². The molecule has 0 atom stereocenters. The van der Waals surface area contributed by atoms with E-state index in [9.17, 15) is 9.59 Å². The molecule has 0 aromatic carbocycles. The monoisotopic (exact) mass is 240 g/mol. The minimum Gasteiger partial charge on any atom is -0.471 e. The van der Waals surface area contributed by atoms with Gasteiger partial charge >= 0.3 is 0 Å². The first-order chi connectivity index (χ1) is 8.01. The number of carbonyl (C=O) groups is 2. The van der Waals surface area contributed by atoms with Crippen LogP contribution in [0.3, 0.4) is 0 Å². The predicted molar refractivity (Wildman–Crippen MR) is 62.5 cm³/mol. The molecule has 1 rings (SSSR count). The van der Waals surface area contributed by atoms with Crippen molar-refractivity contribution < 1.29 is 23.6 Å². The summed E-state index contributed by atoms with van der Waals surface area (Å²) in [5.74, 6) is -1.86. The summed E-state index contributed by atoms with van der Waals surface area (Å²) in [6.07, 6.45) is 3.76. The number of hydrogen-bond acceptors (Lipinski definition) is 4. The van der Waals surface area contributed by atoms with Gasteiger partial charge in [0, 0.05) is 5.82 Å². The van der Waals surface area contributed by atoms with Crippen LogP contribution >= 0.6 is 0 Å². The predicted octanol–water partition coefficient (Wildman–Crippen LogP) is -2.22. The molecule has 1 heterocycles. The van der Waals surface area contributed by atoms with Gasteiger partial charge in [-0.15, -0.1) is 0 Å². The summed E-state index contributed by atoms with van der Waals surface area (Å²) in [4.78, 5) is 23.1. The Bertz CT molecular complexity index is 394. The summed E-state index contributed by atoms with van der Waals surface area (Å²) in [5, 5.41) is 0. The standard InChI is InChI=1S/C10H17BN2O4/c1-12-5-6-13(2)10(12)11-7(8(14)16-3)9(15)17-4/h5-7H,11H2,1-4H3. The van der Waals surface area contributed by atoms with Crippen LogP contribution in [-0.4, -0.2) is 38.0 Å². The average molecular weight is 240 g/mol. The Morgan fingerprint density at radius 3 is 2.24 bits per heavy atom. The van der Waals surface area contributed by atoms with Crippen molar-refractivity contribution in [2.45, 2.75) is 5.82 Å². The fourth-order valence-electron chi connectivity index (χ4n) is 2.02. The average Bonchev–Trinajstić information content (AvgIpc) is 2.64. The van der Waals surface area contributed by atoms with Crippen LogP contribution in [-0.2, 0) is 33.2 Å². The van der Waals surface area contributed by atoms with E-state index in [4.69, 9.17) is 0 Å². The lowest BCUT2D eigenvalue weighted by Gasteiger charge is -2.15. The molecule has 0 aliphatic rings. The first-order valence-electron chi connectivity index (χ1n) is 5.48. The van der Waals surface area contributed by atoms with Crippen LogP contribution in [0.1, 0.15) is 0 Å². The number of nitrogens with zero attached hydrogens (tertiary/aromatic N) is 2. The minimum absolute atomic E-state index is 0.530. The van der Waals surface area contributed by atoms with E-state index in [1.54, 1.807) is 0 Å². The highest BCUT2D eigenvalue weighted by Crippen LogP contribution is 2.07. The molecule has 0 saturated heterocycles. The molecule has 0 unspecified atom stereocenters. The van der Waals surface area contributed by atoms with Crippen LogP contribution < -0.4 is 10.3 Å². The van der Waals surface area contributed by atoms with Crippen LogP contribution in [0.15, 0.2) is 12.4 Å². The summed E-state index contributed by atoms with van der Waals surface area (Å²) in [6.45, 7) is 0. The highest BCUT2D eigenvalue weighted by atomic mass is 16.5. The van der Waals surface area contributed by atoms with Crippen molar-refractivity contribution in [2.75, 3.05) is 14.2 Å². The third-order valence-electron chi connectivity index (χ3n) is 3.19. The first-order valence-corrected chi connectivity index (χ1v) is 5.48. The molecule has 0 amide bonds. The summed E-state index contributed by atoms with van der Waals surface area (Å²) in [7, 11) is 5.29. The quantitative estimate of drug-likeness (QED) is 0.259. The second-order valence-electron chi connectivity index (χ2n) is 4.12.